The highest BCUT2D eigenvalue weighted by molar-refractivity contribution is 7.92. The van der Waals surface area contributed by atoms with Crippen LogP contribution in [-0.4, -0.2) is 43.0 Å². The Labute approximate surface area is 226 Å². The molecule has 2 aromatic carbocycles. The molecule has 0 aliphatic rings. The first kappa shape index (κ1) is 27.9. The second kappa shape index (κ2) is 10.9. The first-order valence-corrected chi connectivity index (χ1v) is 13.2. The molecule has 4 aromatic rings. The number of nitrogens with one attached hydrogen (secondary N) is 2. The Hall–Kier alpha value is -4.10. The van der Waals surface area contributed by atoms with Gasteiger partial charge < -0.3 is 10.1 Å². The Morgan fingerprint density at radius 1 is 1.18 bits per heavy atom. The molecule has 2 heterocycles. The van der Waals surface area contributed by atoms with Crippen LogP contribution in [0.1, 0.15) is 6.92 Å². The van der Waals surface area contributed by atoms with E-state index in [2.05, 4.69) is 20.0 Å². The second-order valence-electron chi connectivity index (χ2n) is 8.50. The monoisotopic (exact) mass is 577 g/mol. The van der Waals surface area contributed by atoms with Gasteiger partial charge in [-0.2, -0.15) is 0 Å². The zero-order valence-corrected chi connectivity index (χ0v) is 22.4. The molecule has 1 unspecified atom stereocenters. The minimum absolute atomic E-state index is 0.0208. The number of nitrogens with zero attached hydrogens (tertiary/aromatic N) is 3. The molecule has 0 spiro atoms. The number of ether oxygens (including phenoxy) is 1. The van der Waals surface area contributed by atoms with Gasteiger partial charge >= 0.3 is 0 Å². The van der Waals surface area contributed by atoms with Gasteiger partial charge in [0.2, 0.25) is 11.8 Å². The van der Waals surface area contributed by atoms with E-state index in [-0.39, 0.29) is 51.1 Å². The molecule has 1 amide bonds. The van der Waals surface area contributed by atoms with E-state index < -0.39 is 38.0 Å². The van der Waals surface area contributed by atoms with E-state index in [0.717, 1.165) is 22.8 Å². The Morgan fingerprint density at radius 2 is 1.92 bits per heavy atom. The highest BCUT2D eigenvalue weighted by Crippen LogP contribution is 2.33. The fourth-order valence-corrected chi connectivity index (χ4v) is 5.49. The number of benzene rings is 2. The number of carbonyl (C=O) groups excluding carboxylic acids is 1. The lowest BCUT2D eigenvalue weighted by Gasteiger charge is -2.15. The highest BCUT2D eigenvalue weighted by atomic mass is 35.5. The number of carbonyl (C=O) groups is 1. The number of anilines is 1. The molecular formula is C25H22ClF2N5O5S. The van der Waals surface area contributed by atoms with Gasteiger partial charge in [0.15, 0.2) is 0 Å². The Morgan fingerprint density at radius 3 is 2.59 bits per heavy atom. The molecule has 204 valence electrons. The van der Waals surface area contributed by atoms with Crippen LogP contribution in [0.15, 0.2) is 58.6 Å². The zero-order valence-electron chi connectivity index (χ0n) is 20.8. The van der Waals surface area contributed by atoms with Crippen LogP contribution in [0.5, 0.6) is 5.88 Å². The molecule has 0 aliphatic carbocycles. The second-order valence-corrected chi connectivity index (χ2v) is 10.6. The number of hydrogen-bond donors (Lipinski definition) is 2. The Kier molecular flexibility index (Phi) is 7.84. The van der Waals surface area contributed by atoms with Gasteiger partial charge in [-0.05, 0) is 36.4 Å². The lowest BCUT2D eigenvalue weighted by atomic mass is 10.0. The maximum atomic E-state index is 15.8. The van der Waals surface area contributed by atoms with Gasteiger partial charge in [-0.1, -0.05) is 18.5 Å². The van der Waals surface area contributed by atoms with Crippen molar-refractivity contribution in [1.82, 2.24) is 19.9 Å². The minimum Gasteiger partial charge on any atom is -0.480 e. The molecule has 2 N–H and O–H groups in total. The van der Waals surface area contributed by atoms with Crippen molar-refractivity contribution >= 4 is 44.1 Å². The van der Waals surface area contributed by atoms with E-state index in [0.29, 0.717) is 0 Å². The molecule has 0 aliphatic heterocycles. The molecule has 0 saturated carbocycles. The average Bonchev–Trinajstić information content (AvgIpc) is 2.89. The van der Waals surface area contributed by atoms with Crippen molar-refractivity contribution in [3.8, 4) is 17.0 Å². The zero-order chi connectivity index (χ0) is 28.5. The average molecular weight is 578 g/mol. The third-order valence-electron chi connectivity index (χ3n) is 5.88. The van der Waals surface area contributed by atoms with E-state index in [1.54, 1.807) is 6.92 Å². The lowest BCUT2D eigenvalue weighted by Crippen LogP contribution is -2.32. The first-order chi connectivity index (χ1) is 18.5. The Bertz CT molecular complexity index is 1760. The predicted molar refractivity (Wildman–Crippen MR) is 141 cm³/mol. The number of fused-ring (bicyclic) bond motifs is 1. The van der Waals surface area contributed by atoms with Crippen molar-refractivity contribution < 1.29 is 26.7 Å². The summed E-state index contributed by atoms with van der Waals surface area (Å²) in [5.41, 5.74) is -0.694. The summed E-state index contributed by atoms with van der Waals surface area (Å²) in [6.45, 7) is 1.60. The molecule has 1 atom stereocenters. The van der Waals surface area contributed by atoms with Crippen molar-refractivity contribution in [1.29, 1.82) is 0 Å². The molecule has 0 radical (unpaired) electrons. The summed E-state index contributed by atoms with van der Waals surface area (Å²) in [6.07, 6.45) is 2.49. The summed E-state index contributed by atoms with van der Waals surface area (Å²) >= 11 is 5.93. The van der Waals surface area contributed by atoms with E-state index in [1.807, 2.05) is 0 Å². The Balaban J connectivity index is 1.79. The summed E-state index contributed by atoms with van der Waals surface area (Å²) in [5.74, 6) is -2.63. The quantitative estimate of drug-likeness (QED) is 0.327. The van der Waals surface area contributed by atoms with Gasteiger partial charge in [-0.25, -0.2) is 27.2 Å². The summed E-state index contributed by atoms with van der Waals surface area (Å²) in [6, 6.07) is 6.87. The number of rotatable bonds is 8. The van der Waals surface area contributed by atoms with E-state index in [4.69, 9.17) is 16.3 Å². The van der Waals surface area contributed by atoms with E-state index >= 15 is 4.39 Å². The molecule has 10 nitrogen and oxygen atoms in total. The number of halogens is 3. The molecule has 0 bridgehead atoms. The summed E-state index contributed by atoms with van der Waals surface area (Å²) in [4.78, 5) is 32.8. The minimum atomic E-state index is -4.33. The normalized spacial score (nSPS) is 12.3. The lowest BCUT2D eigenvalue weighted by molar-refractivity contribution is -0.124. The van der Waals surface area contributed by atoms with Crippen LogP contribution in [-0.2, 0) is 21.4 Å². The van der Waals surface area contributed by atoms with E-state index in [9.17, 15) is 22.4 Å². The maximum Gasteiger partial charge on any atom is 0.264 e. The number of aromatic nitrogens is 3. The summed E-state index contributed by atoms with van der Waals surface area (Å²) in [5, 5.41) is 1.83. The molecule has 14 heteroatoms. The molecule has 2 aromatic heterocycles. The van der Waals surface area contributed by atoms with Gasteiger partial charge in [0, 0.05) is 30.9 Å². The first-order valence-electron chi connectivity index (χ1n) is 11.4. The van der Waals surface area contributed by atoms with Crippen molar-refractivity contribution in [3.63, 3.8) is 0 Å². The van der Waals surface area contributed by atoms with Crippen molar-refractivity contribution in [2.45, 2.75) is 18.4 Å². The van der Waals surface area contributed by atoms with E-state index in [1.165, 1.54) is 44.9 Å². The third kappa shape index (κ3) is 5.54. The summed E-state index contributed by atoms with van der Waals surface area (Å²) < 4.78 is 63.7. The van der Waals surface area contributed by atoms with Crippen LogP contribution in [0.25, 0.3) is 22.0 Å². The SMILES string of the molecule is CNC(=O)C(C)Cn1cnc2ccc(-c3cnc(OC)c(NS(=O)(=O)c4ccc(F)cc4Cl)c3)c(F)c2c1=O. The van der Waals surface area contributed by atoms with Gasteiger partial charge in [0.05, 0.1) is 29.9 Å². The third-order valence-corrected chi connectivity index (χ3v) is 7.73. The van der Waals surface area contributed by atoms with Gasteiger partial charge in [-0.15, -0.1) is 0 Å². The van der Waals surface area contributed by atoms with Crippen LogP contribution in [0, 0.1) is 17.6 Å². The van der Waals surface area contributed by atoms with Crippen molar-refractivity contribution in [2.24, 2.45) is 5.92 Å². The van der Waals surface area contributed by atoms with Crippen LogP contribution in [0.2, 0.25) is 5.02 Å². The van der Waals surface area contributed by atoms with Crippen molar-refractivity contribution in [2.75, 3.05) is 18.9 Å². The number of hydrogen-bond acceptors (Lipinski definition) is 7. The molecule has 39 heavy (non-hydrogen) atoms. The number of methoxy groups -OCH3 is 1. The smallest absolute Gasteiger partial charge is 0.264 e. The summed E-state index contributed by atoms with van der Waals surface area (Å²) in [7, 11) is -1.60. The largest absolute Gasteiger partial charge is 0.480 e. The fourth-order valence-electron chi connectivity index (χ4n) is 3.91. The number of pyridine rings is 1. The maximum absolute atomic E-state index is 15.8. The van der Waals surface area contributed by atoms with Crippen molar-refractivity contribution in [3.05, 3.63) is 75.9 Å². The molecule has 0 fully saturated rings. The van der Waals surface area contributed by atoms with Crippen LogP contribution >= 0.6 is 11.6 Å². The van der Waals surface area contributed by atoms with Gasteiger partial charge in [0.25, 0.3) is 15.6 Å². The fraction of sp³-hybridized carbons (Fsp3) is 0.200. The van der Waals surface area contributed by atoms with Gasteiger partial charge in [-0.3, -0.25) is 18.9 Å². The molecule has 4 rings (SSSR count). The number of amides is 1. The predicted octanol–water partition coefficient (Wildman–Crippen LogP) is 3.58. The van der Waals surface area contributed by atoms with Crippen LogP contribution in [0.4, 0.5) is 14.5 Å². The van der Waals surface area contributed by atoms with Gasteiger partial charge in [0.1, 0.15) is 27.6 Å². The molecular weight excluding hydrogens is 556 g/mol. The molecule has 0 saturated heterocycles. The topological polar surface area (TPSA) is 132 Å². The number of sulfonamides is 1. The standard InChI is InChI=1S/C25H22ClF2N5O5S/c1-13(23(34)29-2)11-33-12-31-18-6-5-16(22(28)21(18)25(33)35)14-8-19(24(38-3)30-10-14)32-39(36,37)20-7-4-15(27)9-17(20)26/h4-10,12-13,32H,11H2,1-3H3,(H,29,34). The van der Waals surface area contributed by atoms with Crippen LogP contribution in [0.3, 0.4) is 0 Å². The van der Waals surface area contributed by atoms with Crippen LogP contribution < -0.4 is 20.3 Å². The highest BCUT2D eigenvalue weighted by Gasteiger charge is 2.23.